The maximum atomic E-state index is 11.8. The number of nitrogens with one attached hydrogen (secondary N) is 1. The number of hydrogen-bond acceptors (Lipinski definition) is 3. The molecule has 21 heavy (non-hydrogen) atoms. The van der Waals surface area contributed by atoms with Gasteiger partial charge in [0.2, 0.25) is 0 Å². The fourth-order valence-electron chi connectivity index (χ4n) is 1.54. The van der Waals surface area contributed by atoms with E-state index in [9.17, 15) is 9.59 Å². The minimum absolute atomic E-state index is 0.312. The Morgan fingerprint density at radius 3 is 2.62 bits per heavy atom. The van der Waals surface area contributed by atoms with E-state index in [1.54, 1.807) is 24.3 Å². The van der Waals surface area contributed by atoms with Gasteiger partial charge in [0.15, 0.2) is 6.61 Å². The molecule has 0 aliphatic heterocycles. The molecule has 1 aromatic carbocycles. The lowest BCUT2D eigenvalue weighted by atomic mass is 10.1. The van der Waals surface area contributed by atoms with Crippen LogP contribution < -0.4 is 5.32 Å². The molecule has 0 fully saturated rings. The van der Waals surface area contributed by atoms with Crippen LogP contribution >= 0.6 is 15.9 Å². The number of anilines is 1. The van der Waals surface area contributed by atoms with Crippen molar-refractivity contribution in [2.24, 2.45) is 0 Å². The summed E-state index contributed by atoms with van der Waals surface area (Å²) in [6, 6.07) is 3.67. The summed E-state index contributed by atoms with van der Waals surface area (Å²) in [5.74, 6) is -0.917. The van der Waals surface area contributed by atoms with Gasteiger partial charge in [-0.25, -0.2) is 4.79 Å². The van der Waals surface area contributed by atoms with Gasteiger partial charge in [0.25, 0.3) is 5.91 Å². The van der Waals surface area contributed by atoms with Crippen molar-refractivity contribution >= 4 is 33.5 Å². The van der Waals surface area contributed by atoms with Crippen molar-refractivity contribution in [1.29, 1.82) is 0 Å². The smallest absolute Gasteiger partial charge is 0.331 e. The number of hydrogen-bond donors (Lipinski definition) is 1. The SMILES string of the molecule is C/C=C/C=C/C(=O)OCC(=O)Nc1ccc(Br)c(C)c1C. The Morgan fingerprint density at radius 1 is 1.24 bits per heavy atom. The van der Waals surface area contributed by atoms with Crippen molar-refractivity contribution in [3.05, 3.63) is 52.0 Å². The Balaban J connectivity index is 2.55. The second-order valence-corrected chi connectivity index (χ2v) is 5.24. The number of ether oxygens (including phenoxy) is 1. The Hall–Kier alpha value is -1.88. The third-order valence-electron chi connectivity index (χ3n) is 2.88. The van der Waals surface area contributed by atoms with Crippen LogP contribution in [-0.2, 0) is 14.3 Å². The summed E-state index contributed by atoms with van der Waals surface area (Å²) in [5, 5.41) is 2.73. The third-order valence-corrected chi connectivity index (χ3v) is 3.74. The van der Waals surface area contributed by atoms with Gasteiger partial charge in [-0.3, -0.25) is 4.79 Å². The van der Waals surface area contributed by atoms with Crippen LogP contribution in [0.15, 0.2) is 40.9 Å². The van der Waals surface area contributed by atoms with Gasteiger partial charge in [0.1, 0.15) is 0 Å². The molecule has 1 aromatic rings. The maximum absolute atomic E-state index is 11.8. The fraction of sp³-hybridized carbons (Fsp3) is 0.250. The minimum Gasteiger partial charge on any atom is -0.452 e. The van der Waals surface area contributed by atoms with Gasteiger partial charge >= 0.3 is 5.97 Å². The quantitative estimate of drug-likeness (QED) is 0.500. The lowest BCUT2D eigenvalue weighted by molar-refractivity contribution is -0.142. The molecule has 1 amide bonds. The first-order valence-corrected chi connectivity index (χ1v) is 7.26. The van der Waals surface area contributed by atoms with Crippen LogP contribution in [0.5, 0.6) is 0 Å². The number of amides is 1. The van der Waals surface area contributed by atoms with E-state index in [2.05, 4.69) is 21.2 Å². The van der Waals surface area contributed by atoms with Gasteiger partial charge in [-0.05, 0) is 44.0 Å². The molecule has 0 heterocycles. The normalized spacial score (nSPS) is 11.0. The van der Waals surface area contributed by atoms with Crippen LogP contribution in [0.3, 0.4) is 0 Å². The highest BCUT2D eigenvalue weighted by Crippen LogP contribution is 2.25. The van der Waals surface area contributed by atoms with Crippen molar-refractivity contribution in [3.8, 4) is 0 Å². The molecule has 0 bridgehead atoms. The zero-order valence-electron chi connectivity index (χ0n) is 12.3. The third kappa shape index (κ3) is 5.55. The van der Waals surface area contributed by atoms with Crippen molar-refractivity contribution in [1.82, 2.24) is 0 Å². The van der Waals surface area contributed by atoms with E-state index >= 15 is 0 Å². The van der Waals surface area contributed by atoms with E-state index in [1.165, 1.54) is 6.08 Å². The van der Waals surface area contributed by atoms with E-state index in [4.69, 9.17) is 4.74 Å². The first-order valence-electron chi connectivity index (χ1n) is 6.47. The average molecular weight is 352 g/mol. The molecule has 4 nitrogen and oxygen atoms in total. The average Bonchev–Trinajstić information content (AvgIpc) is 2.46. The highest BCUT2D eigenvalue weighted by molar-refractivity contribution is 9.10. The number of carbonyl (C=O) groups is 2. The standard InChI is InChI=1S/C16H18BrNO3/c1-4-5-6-7-16(20)21-10-15(19)18-14-9-8-13(17)11(2)12(14)3/h4-9H,10H2,1-3H3,(H,18,19)/b5-4+,7-6+. The van der Waals surface area contributed by atoms with Gasteiger partial charge in [-0.1, -0.05) is 34.2 Å². The van der Waals surface area contributed by atoms with E-state index in [-0.39, 0.29) is 12.5 Å². The molecular formula is C16H18BrNO3. The van der Waals surface area contributed by atoms with Crippen LogP contribution in [0, 0.1) is 13.8 Å². The van der Waals surface area contributed by atoms with Crippen LogP contribution in [0.25, 0.3) is 0 Å². The van der Waals surface area contributed by atoms with Crippen molar-refractivity contribution in [2.75, 3.05) is 11.9 Å². The molecule has 0 radical (unpaired) electrons. The summed E-state index contributed by atoms with van der Waals surface area (Å²) in [6.45, 7) is 5.40. The van der Waals surface area contributed by atoms with Gasteiger partial charge in [-0.15, -0.1) is 0 Å². The molecule has 0 saturated carbocycles. The molecular weight excluding hydrogens is 334 g/mol. The van der Waals surface area contributed by atoms with Crippen LogP contribution in [0.4, 0.5) is 5.69 Å². The Labute approximate surface area is 133 Å². The lowest BCUT2D eigenvalue weighted by Gasteiger charge is -2.11. The molecule has 1 rings (SSSR count). The second kappa shape index (κ2) is 8.42. The van der Waals surface area contributed by atoms with Gasteiger partial charge < -0.3 is 10.1 Å². The first kappa shape index (κ1) is 17.2. The Morgan fingerprint density at radius 2 is 1.95 bits per heavy atom. The maximum Gasteiger partial charge on any atom is 0.331 e. The molecule has 0 aromatic heterocycles. The van der Waals surface area contributed by atoms with E-state index < -0.39 is 5.97 Å². The largest absolute Gasteiger partial charge is 0.452 e. The number of carbonyl (C=O) groups excluding carboxylic acids is 2. The van der Waals surface area contributed by atoms with E-state index in [1.807, 2.05) is 26.8 Å². The summed E-state index contributed by atoms with van der Waals surface area (Å²) in [5.41, 5.74) is 2.73. The summed E-state index contributed by atoms with van der Waals surface area (Å²) in [7, 11) is 0. The molecule has 112 valence electrons. The van der Waals surface area contributed by atoms with Crippen LogP contribution in [0.2, 0.25) is 0 Å². The predicted molar refractivity (Wildman–Crippen MR) is 87.2 cm³/mol. The van der Waals surface area contributed by atoms with Crippen molar-refractivity contribution in [2.45, 2.75) is 20.8 Å². The number of rotatable bonds is 5. The highest BCUT2D eigenvalue weighted by atomic mass is 79.9. The predicted octanol–water partition coefficient (Wildman–Crippen LogP) is 3.68. The molecule has 1 N–H and O–H groups in total. The van der Waals surface area contributed by atoms with Crippen molar-refractivity contribution in [3.63, 3.8) is 0 Å². The number of halogens is 1. The number of esters is 1. The zero-order valence-corrected chi connectivity index (χ0v) is 13.9. The van der Waals surface area contributed by atoms with Crippen molar-refractivity contribution < 1.29 is 14.3 Å². The molecule has 5 heteroatoms. The lowest BCUT2D eigenvalue weighted by Crippen LogP contribution is -2.20. The number of allylic oxidation sites excluding steroid dienone is 3. The summed E-state index contributed by atoms with van der Waals surface area (Å²) >= 11 is 3.43. The van der Waals surface area contributed by atoms with Crippen LogP contribution in [0.1, 0.15) is 18.1 Å². The van der Waals surface area contributed by atoms with Gasteiger partial charge in [0, 0.05) is 16.2 Å². The monoisotopic (exact) mass is 351 g/mol. The summed E-state index contributed by atoms with van der Waals surface area (Å²) in [6.07, 6.45) is 6.31. The second-order valence-electron chi connectivity index (χ2n) is 4.39. The Kier molecular flexibility index (Phi) is 6.88. The molecule has 0 unspecified atom stereocenters. The number of benzene rings is 1. The van der Waals surface area contributed by atoms with Gasteiger partial charge in [0.05, 0.1) is 0 Å². The molecule has 0 aliphatic rings. The van der Waals surface area contributed by atoms with Gasteiger partial charge in [-0.2, -0.15) is 0 Å². The summed E-state index contributed by atoms with van der Waals surface area (Å²) < 4.78 is 5.82. The molecule has 0 aliphatic carbocycles. The zero-order chi connectivity index (χ0) is 15.8. The fourth-order valence-corrected chi connectivity index (χ4v) is 1.97. The highest BCUT2D eigenvalue weighted by Gasteiger charge is 2.09. The summed E-state index contributed by atoms with van der Waals surface area (Å²) in [4.78, 5) is 23.1. The Bertz CT molecular complexity index is 591. The molecule has 0 saturated heterocycles. The van der Waals surface area contributed by atoms with E-state index in [0.717, 1.165) is 15.6 Å². The molecule has 0 spiro atoms. The van der Waals surface area contributed by atoms with E-state index in [0.29, 0.717) is 5.69 Å². The van der Waals surface area contributed by atoms with Crippen LogP contribution in [-0.4, -0.2) is 18.5 Å². The minimum atomic E-state index is -0.549. The molecule has 0 atom stereocenters. The topological polar surface area (TPSA) is 55.4 Å². The first-order chi connectivity index (χ1) is 9.95.